The minimum atomic E-state index is -0.631. The maximum atomic E-state index is 12.7. The van der Waals surface area contributed by atoms with Gasteiger partial charge < -0.3 is 4.74 Å². The number of nitrogens with zero attached hydrogens (tertiary/aromatic N) is 5. The van der Waals surface area contributed by atoms with Gasteiger partial charge in [-0.15, -0.1) is 0 Å². The van der Waals surface area contributed by atoms with Gasteiger partial charge in [0.15, 0.2) is 5.75 Å². The van der Waals surface area contributed by atoms with Gasteiger partial charge in [-0.2, -0.15) is 4.57 Å². The van der Waals surface area contributed by atoms with E-state index in [1.807, 2.05) is 47.4 Å². The molecule has 2 aromatic rings. The van der Waals surface area contributed by atoms with Crippen LogP contribution in [0, 0.1) is 13.8 Å². The summed E-state index contributed by atoms with van der Waals surface area (Å²) >= 11 is 0. The number of benzene rings is 1. The molecule has 1 fully saturated rings. The Morgan fingerprint density at radius 1 is 1.15 bits per heavy atom. The molecule has 1 unspecified atom stereocenters. The van der Waals surface area contributed by atoms with E-state index in [2.05, 4.69) is 4.99 Å². The normalized spacial score (nSPS) is 18.8. The SMILES string of the molecule is COc1ccc(C)cc1-n1c(C)c[n+]2c1N=C1C2C(=O)N(C)C(=O)N1C. The monoisotopic (exact) mass is 354 g/mol. The largest absolute Gasteiger partial charge is 0.493 e. The molecule has 0 bridgehead atoms. The molecule has 2 aliphatic heterocycles. The average Bonchev–Trinajstić information content (AvgIpc) is 3.12. The Bertz CT molecular complexity index is 991. The van der Waals surface area contributed by atoms with E-state index in [0.29, 0.717) is 17.5 Å². The molecule has 1 aromatic carbocycles. The second kappa shape index (κ2) is 5.42. The Kier molecular flexibility index (Phi) is 3.40. The second-order valence-corrected chi connectivity index (χ2v) is 6.60. The van der Waals surface area contributed by atoms with Crippen LogP contribution in [-0.2, 0) is 4.79 Å². The van der Waals surface area contributed by atoms with Crippen LogP contribution in [0.4, 0.5) is 10.7 Å². The molecule has 2 aliphatic rings. The van der Waals surface area contributed by atoms with Crippen molar-refractivity contribution >= 4 is 23.7 Å². The Hall–Kier alpha value is -3.16. The lowest BCUT2D eigenvalue weighted by molar-refractivity contribution is -0.676. The highest BCUT2D eigenvalue weighted by Gasteiger charge is 2.52. The zero-order chi connectivity index (χ0) is 18.7. The summed E-state index contributed by atoms with van der Waals surface area (Å²) in [6, 6.07) is 4.88. The molecule has 0 spiro atoms. The number of aliphatic imine (C=N–C) groups is 1. The van der Waals surface area contributed by atoms with Crippen molar-refractivity contribution in [2.75, 3.05) is 21.2 Å². The number of fused-ring (bicyclic) bond motifs is 3. The van der Waals surface area contributed by atoms with E-state index >= 15 is 0 Å². The molecule has 0 N–H and O–H groups in total. The lowest BCUT2D eigenvalue weighted by Gasteiger charge is -2.30. The quantitative estimate of drug-likeness (QED) is 0.768. The summed E-state index contributed by atoms with van der Waals surface area (Å²) in [7, 11) is 4.74. The molecule has 26 heavy (non-hydrogen) atoms. The molecule has 8 heteroatoms. The van der Waals surface area contributed by atoms with Crippen LogP contribution < -0.4 is 9.30 Å². The van der Waals surface area contributed by atoms with E-state index < -0.39 is 6.04 Å². The molecular formula is C18H20N5O3+. The van der Waals surface area contributed by atoms with Crippen LogP contribution in [0.2, 0.25) is 0 Å². The summed E-state index contributed by atoms with van der Waals surface area (Å²) in [5, 5.41) is 0. The van der Waals surface area contributed by atoms with E-state index in [4.69, 9.17) is 4.74 Å². The number of carbonyl (C=O) groups is 2. The third kappa shape index (κ3) is 2.01. The predicted octanol–water partition coefficient (Wildman–Crippen LogP) is 1.50. The minimum absolute atomic E-state index is 0.288. The van der Waals surface area contributed by atoms with Crippen molar-refractivity contribution in [2.24, 2.45) is 4.99 Å². The molecule has 8 nitrogen and oxygen atoms in total. The summed E-state index contributed by atoms with van der Waals surface area (Å²) in [4.78, 5) is 32.1. The number of amidine groups is 1. The van der Waals surface area contributed by atoms with E-state index in [-0.39, 0.29) is 11.9 Å². The Morgan fingerprint density at radius 3 is 2.58 bits per heavy atom. The standard InChI is InChI=1S/C18H20N5O3/c1-10-6-7-13(26-5)12(8-10)23-11(2)9-22-14-15(19-17(22)23)20(3)18(25)21(4)16(14)24/h6-9,14H,1-5H3/q+1. The van der Waals surface area contributed by atoms with Gasteiger partial charge in [-0.05, 0) is 31.5 Å². The van der Waals surface area contributed by atoms with Crippen molar-refractivity contribution in [1.29, 1.82) is 0 Å². The second-order valence-electron chi connectivity index (χ2n) is 6.60. The number of ether oxygens (including phenoxy) is 1. The number of methoxy groups -OCH3 is 1. The topological polar surface area (TPSA) is 71.0 Å². The van der Waals surface area contributed by atoms with Crippen molar-refractivity contribution in [2.45, 2.75) is 19.9 Å². The third-order valence-electron chi connectivity index (χ3n) is 4.90. The van der Waals surface area contributed by atoms with Crippen LogP contribution in [0.3, 0.4) is 0 Å². The first-order valence-electron chi connectivity index (χ1n) is 8.27. The molecular weight excluding hydrogens is 334 g/mol. The number of amides is 3. The van der Waals surface area contributed by atoms with Gasteiger partial charge in [0.2, 0.25) is 11.9 Å². The molecule has 1 saturated heterocycles. The van der Waals surface area contributed by atoms with Crippen LogP contribution in [0.5, 0.6) is 5.75 Å². The molecule has 0 saturated carbocycles. The van der Waals surface area contributed by atoms with Gasteiger partial charge in [0, 0.05) is 14.1 Å². The van der Waals surface area contributed by atoms with Crippen molar-refractivity contribution < 1.29 is 18.9 Å². The fourth-order valence-corrected chi connectivity index (χ4v) is 3.54. The third-order valence-corrected chi connectivity index (χ3v) is 4.90. The van der Waals surface area contributed by atoms with Crippen LogP contribution >= 0.6 is 0 Å². The Labute approximate surface area is 150 Å². The van der Waals surface area contributed by atoms with E-state index in [9.17, 15) is 9.59 Å². The first-order chi connectivity index (χ1) is 12.3. The highest BCUT2D eigenvalue weighted by molar-refractivity contribution is 6.18. The van der Waals surface area contributed by atoms with Gasteiger partial charge in [-0.3, -0.25) is 14.6 Å². The molecule has 3 heterocycles. The lowest BCUT2D eigenvalue weighted by atomic mass is 10.2. The number of aromatic nitrogens is 2. The number of rotatable bonds is 2. The van der Waals surface area contributed by atoms with Crippen LogP contribution in [0.25, 0.3) is 5.69 Å². The lowest BCUT2D eigenvalue weighted by Crippen LogP contribution is -2.61. The molecule has 1 atom stereocenters. The molecule has 1 aromatic heterocycles. The zero-order valence-electron chi connectivity index (χ0n) is 15.3. The number of hydrogen-bond donors (Lipinski definition) is 0. The fourth-order valence-electron chi connectivity index (χ4n) is 3.54. The number of imide groups is 1. The van der Waals surface area contributed by atoms with Crippen molar-refractivity contribution in [3.8, 4) is 11.4 Å². The fraction of sp³-hybridized carbons (Fsp3) is 0.333. The number of urea groups is 1. The van der Waals surface area contributed by atoms with Crippen LogP contribution in [0.15, 0.2) is 29.4 Å². The smallest absolute Gasteiger partial charge is 0.407 e. The van der Waals surface area contributed by atoms with Gasteiger partial charge >= 0.3 is 12.0 Å². The number of hydrogen-bond acceptors (Lipinski definition) is 4. The van der Waals surface area contributed by atoms with Gasteiger partial charge in [0.1, 0.15) is 17.6 Å². The maximum absolute atomic E-state index is 12.7. The zero-order valence-corrected chi connectivity index (χ0v) is 15.3. The van der Waals surface area contributed by atoms with E-state index in [0.717, 1.165) is 21.8 Å². The number of imidazole rings is 1. The number of carbonyl (C=O) groups excluding carboxylic acids is 2. The van der Waals surface area contributed by atoms with Gasteiger partial charge in [-0.25, -0.2) is 9.36 Å². The first-order valence-corrected chi connectivity index (χ1v) is 8.27. The van der Waals surface area contributed by atoms with Crippen molar-refractivity contribution in [3.63, 3.8) is 0 Å². The number of likely N-dealkylation sites (N-methyl/N-ethyl adjacent to an activating group) is 2. The maximum Gasteiger partial charge on any atom is 0.407 e. The summed E-state index contributed by atoms with van der Waals surface area (Å²) in [5.41, 5.74) is 2.84. The molecule has 0 radical (unpaired) electrons. The Morgan fingerprint density at radius 2 is 1.88 bits per heavy atom. The van der Waals surface area contributed by atoms with Gasteiger partial charge in [0.05, 0.1) is 7.11 Å². The summed E-state index contributed by atoms with van der Waals surface area (Å²) in [6.07, 6.45) is 1.88. The molecule has 134 valence electrons. The molecule has 4 rings (SSSR count). The van der Waals surface area contributed by atoms with Crippen molar-refractivity contribution in [1.82, 2.24) is 14.4 Å². The molecule has 3 amide bonds. The van der Waals surface area contributed by atoms with E-state index in [1.165, 1.54) is 11.9 Å². The van der Waals surface area contributed by atoms with Crippen LogP contribution in [-0.4, -0.2) is 53.3 Å². The van der Waals surface area contributed by atoms with Crippen LogP contribution in [0.1, 0.15) is 17.3 Å². The predicted molar refractivity (Wildman–Crippen MR) is 94.1 cm³/mol. The number of aryl methyl sites for hydroxylation is 2. The van der Waals surface area contributed by atoms with E-state index in [1.54, 1.807) is 14.2 Å². The highest BCUT2D eigenvalue weighted by atomic mass is 16.5. The minimum Gasteiger partial charge on any atom is -0.493 e. The summed E-state index contributed by atoms with van der Waals surface area (Å²) in [6.45, 7) is 3.96. The first kappa shape index (κ1) is 16.3. The van der Waals surface area contributed by atoms with Crippen molar-refractivity contribution in [3.05, 3.63) is 35.7 Å². The van der Waals surface area contributed by atoms with Gasteiger partial charge in [0.25, 0.3) is 5.91 Å². The average molecular weight is 354 g/mol. The van der Waals surface area contributed by atoms with Gasteiger partial charge in [-0.1, -0.05) is 11.1 Å². The summed E-state index contributed by atoms with van der Waals surface area (Å²) < 4.78 is 9.28. The highest BCUT2D eigenvalue weighted by Crippen LogP contribution is 2.34. The summed E-state index contributed by atoms with van der Waals surface area (Å²) in [5.74, 6) is 1.45. The Balaban J connectivity index is 1.95. The molecule has 0 aliphatic carbocycles.